The Morgan fingerprint density at radius 2 is 0.889 bits per heavy atom. The number of hydrogen-bond acceptors (Lipinski definition) is 4. The van der Waals surface area contributed by atoms with Gasteiger partial charge >= 0.3 is 11.9 Å². The number of esters is 2. The number of carbonyl (C=O) groups is 2. The van der Waals surface area contributed by atoms with Crippen LogP contribution in [-0.4, -0.2) is 25.2 Å². The lowest BCUT2D eigenvalue weighted by molar-refractivity contribution is -0.142. The summed E-state index contributed by atoms with van der Waals surface area (Å²) >= 11 is 0. The third-order valence-corrected chi connectivity index (χ3v) is 4.63. The molecule has 0 aromatic rings. The smallest absolute Gasteiger partial charge is 0.334 e. The predicted octanol–water partition coefficient (Wildman–Crippen LogP) is 6.52. The fourth-order valence-corrected chi connectivity index (χ4v) is 2.83. The van der Waals surface area contributed by atoms with E-state index in [1.807, 2.05) is 0 Å². The Kier molecular flexibility index (Phi) is 17.2. The molecule has 0 atom stereocenters. The molecule has 0 saturated heterocycles. The van der Waals surface area contributed by atoms with E-state index >= 15 is 0 Å². The molecule has 4 heteroatoms. The van der Waals surface area contributed by atoms with Crippen LogP contribution in [0.3, 0.4) is 0 Å². The molecule has 0 aromatic heterocycles. The first-order valence-electron chi connectivity index (χ1n) is 11.2. The van der Waals surface area contributed by atoms with Crippen LogP contribution in [0.25, 0.3) is 0 Å². The summed E-state index contributed by atoms with van der Waals surface area (Å²) in [7, 11) is 0. The summed E-state index contributed by atoms with van der Waals surface area (Å²) in [6, 6.07) is 0. The van der Waals surface area contributed by atoms with Gasteiger partial charge in [0, 0.05) is 11.1 Å². The largest absolute Gasteiger partial charge is 0.462 e. The quantitative estimate of drug-likeness (QED) is 0.163. The minimum Gasteiger partial charge on any atom is -0.462 e. The maximum atomic E-state index is 12.7. The molecule has 27 heavy (non-hydrogen) atoms. The number of hydrogen-bond donors (Lipinski definition) is 0. The first kappa shape index (κ1) is 25.7. The van der Waals surface area contributed by atoms with Crippen molar-refractivity contribution in [1.82, 2.24) is 0 Å². The lowest BCUT2D eigenvalue weighted by Crippen LogP contribution is -2.18. The Balaban J connectivity index is 5.33. The van der Waals surface area contributed by atoms with Gasteiger partial charge in [0.1, 0.15) is 0 Å². The summed E-state index contributed by atoms with van der Waals surface area (Å²) in [6.45, 7) is 9.26. The van der Waals surface area contributed by atoms with Gasteiger partial charge in [-0.05, 0) is 38.5 Å². The first-order valence-corrected chi connectivity index (χ1v) is 11.2. The molecular formula is C23H42O4. The first-order chi connectivity index (χ1) is 13.1. The van der Waals surface area contributed by atoms with Crippen LogP contribution < -0.4 is 0 Å². The highest BCUT2D eigenvalue weighted by molar-refractivity contribution is 6.00. The van der Waals surface area contributed by atoms with Crippen LogP contribution in [0.15, 0.2) is 11.1 Å². The normalized spacial score (nSPS) is 11.9. The SMILES string of the molecule is CCCCCCC(C(=O)OCCCC)=C(CCCCC)C(=O)OCCCC. The molecule has 158 valence electrons. The summed E-state index contributed by atoms with van der Waals surface area (Å²) in [6.07, 6.45) is 12.1. The number of rotatable bonds is 17. The zero-order valence-electron chi connectivity index (χ0n) is 18.2. The molecule has 0 aliphatic carbocycles. The molecule has 0 N–H and O–H groups in total. The van der Waals surface area contributed by atoms with Gasteiger partial charge in [0.15, 0.2) is 0 Å². The summed E-state index contributed by atoms with van der Waals surface area (Å²) in [5, 5.41) is 0. The molecule has 0 saturated carbocycles. The summed E-state index contributed by atoms with van der Waals surface area (Å²) in [4.78, 5) is 25.4. The van der Waals surface area contributed by atoms with Gasteiger partial charge in [-0.3, -0.25) is 0 Å². The van der Waals surface area contributed by atoms with Gasteiger partial charge in [0.2, 0.25) is 0 Å². The van der Waals surface area contributed by atoms with Crippen molar-refractivity contribution >= 4 is 11.9 Å². The van der Waals surface area contributed by atoms with Gasteiger partial charge in [-0.25, -0.2) is 9.59 Å². The van der Waals surface area contributed by atoms with E-state index in [-0.39, 0.29) is 11.9 Å². The molecule has 0 unspecified atom stereocenters. The Hall–Kier alpha value is -1.32. The molecule has 4 nitrogen and oxygen atoms in total. The average Bonchev–Trinajstić information content (AvgIpc) is 2.66. The Morgan fingerprint density at radius 1 is 0.519 bits per heavy atom. The van der Waals surface area contributed by atoms with Crippen molar-refractivity contribution in [2.24, 2.45) is 0 Å². The molecule has 0 heterocycles. The Bertz CT molecular complexity index is 426. The fourth-order valence-electron chi connectivity index (χ4n) is 2.83. The molecule has 0 aromatic carbocycles. The van der Waals surface area contributed by atoms with Gasteiger partial charge in [0.05, 0.1) is 13.2 Å². The van der Waals surface area contributed by atoms with E-state index in [1.54, 1.807) is 0 Å². The van der Waals surface area contributed by atoms with Crippen molar-refractivity contribution in [3.05, 3.63) is 11.1 Å². The fraction of sp³-hybridized carbons (Fsp3) is 0.826. The van der Waals surface area contributed by atoms with E-state index in [9.17, 15) is 9.59 Å². The highest BCUT2D eigenvalue weighted by Crippen LogP contribution is 2.22. The maximum absolute atomic E-state index is 12.7. The van der Waals surface area contributed by atoms with Crippen molar-refractivity contribution < 1.29 is 19.1 Å². The van der Waals surface area contributed by atoms with E-state index in [0.717, 1.165) is 70.6 Å². The lowest BCUT2D eigenvalue weighted by Gasteiger charge is -2.15. The molecule has 0 bridgehead atoms. The predicted molar refractivity (Wildman–Crippen MR) is 112 cm³/mol. The van der Waals surface area contributed by atoms with Gasteiger partial charge in [-0.2, -0.15) is 0 Å². The van der Waals surface area contributed by atoms with Gasteiger partial charge < -0.3 is 9.47 Å². The van der Waals surface area contributed by atoms with E-state index in [1.165, 1.54) is 0 Å². The summed E-state index contributed by atoms with van der Waals surface area (Å²) < 4.78 is 10.9. The zero-order chi connectivity index (χ0) is 20.3. The molecule has 0 fully saturated rings. The van der Waals surface area contributed by atoms with Crippen LogP contribution in [0.5, 0.6) is 0 Å². The van der Waals surface area contributed by atoms with E-state index in [0.29, 0.717) is 37.2 Å². The number of ether oxygens (including phenoxy) is 2. The second-order valence-corrected chi connectivity index (χ2v) is 7.20. The molecule has 0 amide bonds. The highest BCUT2D eigenvalue weighted by Gasteiger charge is 2.23. The van der Waals surface area contributed by atoms with Gasteiger partial charge in [-0.15, -0.1) is 0 Å². The third-order valence-electron chi connectivity index (χ3n) is 4.63. The Morgan fingerprint density at radius 3 is 1.30 bits per heavy atom. The van der Waals surface area contributed by atoms with Crippen LogP contribution in [0.2, 0.25) is 0 Å². The second kappa shape index (κ2) is 18.1. The van der Waals surface area contributed by atoms with E-state index in [4.69, 9.17) is 9.47 Å². The van der Waals surface area contributed by atoms with Crippen molar-refractivity contribution in [3.63, 3.8) is 0 Å². The molecule has 0 aliphatic rings. The minimum atomic E-state index is -0.322. The van der Waals surface area contributed by atoms with Crippen LogP contribution in [0, 0.1) is 0 Å². The van der Waals surface area contributed by atoms with Crippen LogP contribution in [0.1, 0.15) is 111 Å². The van der Waals surface area contributed by atoms with E-state index in [2.05, 4.69) is 27.7 Å². The van der Waals surface area contributed by atoms with Crippen LogP contribution in [-0.2, 0) is 19.1 Å². The van der Waals surface area contributed by atoms with Crippen LogP contribution >= 0.6 is 0 Å². The van der Waals surface area contributed by atoms with Crippen molar-refractivity contribution in [3.8, 4) is 0 Å². The van der Waals surface area contributed by atoms with Crippen molar-refractivity contribution in [1.29, 1.82) is 0 Å². The van der Waals surface area contributed by atoms with Gasteiger partial charge in [0.25, 0.3) is 0 Å². The Labute approximate surface area is 167 Å². The lowest BCUT2D eigenvalue weighted by atomic mass is 9.97. The maximum Gasteiger partial charge on any atom is 0.334 e. The monoisotopic (exact) mass is 382 g/mol. The molecule has 0 aliphatic heterocycles. The van der Waals surface area contributed by atoms with Gasteiger partial charge in [-0.1, -0.05) is 72.6 Å². The van der Waals surface area contributed by atoms with E-state index < -0.39 is 0 Å². The zero-order valence-corrected chi connectivity index (χ0v) is 18.2. The molecule has 0 radical (unpaired) electrons. The number of unbranched alkanes of at least 4 members (excludes halogenated alkanes) is 7. The minimum absolute atomic E-state index is 0.320. The second-order valence-electron chi connectivity index (χ2n) is 7.20. The molecule has 0 spiro atoms. The standard InChI is InChI=1S/C23H42O4/c1-5-9-13-15-17-21(23(25)27-19-12-8-4)20(16-14-10-6-2)22(24)26-18-11-7-3/h5-19H2,1-4H3. The van der Waals surface area contributed by atoms with Crippen LogP contribution in [0.4, 0.5) is 0 Å². The topological polar surface area (TPSA) is 52.6 Å². The summed E-state index contributed by atoms with van der Waals surface area (Å²) in [5.41, 5.74) is 1.11. The third kappa shape index (κ3) is 12.6. The number of carbonyl (C=O) groups excluding carboxylic acids is 2. The van der Waals surface area contributed by atoms with Crippen molar-refractivity contribution in [2.45, 2.75) is 111 Å². The molecular weight excluding hydrogens is 340 g/mol. The average molecular weight is 383 g/mol. The highest BCUT2D eigenvalue weighted by atomic mass is 16.5. The summed E-state index contributed by atoms with van der Waals surface area (Å²) in [5.74, 6) is -0.642. The van der Waals surface area contributed by atoms with Crippen molar-refractivity contribution in [2.75, 3.05) is 13.2 Å². The molecule has 0 rings (SSSR count).